The van der Waals surface area contributed by atoms with E-state index in [-0.39, 0.29) is 0 Å². The Balaban J connectivity index is 2.69. The molecule has 0 unspecified atom stereocenters. The van der Waals surface area contributed by atoms with Crippen molar-refractivity contribution in [1.29, 1.82) is 0 Å². The van der Waals surface area contributed by atoms with Crippen LogP contribution in [0.5, 0.6) is 0 Å². The van der Waals surface area contributed by atoms with Crippen molar-refractivity contribution >= 4 is 5.95 Å². The van der Waals surface area contributed by atoms with Gasteiger partial charge >= 0.3 is 5.95 Å². The second-order valence-electron chi connectivity index (χ2n) is 2.04. The number of nitrogens with two attached hydrogens (primary N) is 1. The van der Waals surface area contributed by atoms with Crippen LogP contribution in [0.1, 0.15) is 13.3 Å². The van der Waals surface area contributed by atoms with E-state index in [1.807, 2.05) is 17.0 Å². The molecule has 0 amide bonds. The molecule has 0 atom stereocenters. The zero-order valence-corrected chi connectivity index (χ0v) is 5.59. The Labute approximate surface area is 54.5 Å². The fraction of sp³-hybridized carbons (Fsp3) is 0.500. The Kier molecular flexibility index (Phi) is 1.72. The molecule has 3 nitrogen and oxygen atoms in total. The maximum absolute atomic E-state index is 5.53. The number of hydrogen-bond donors (Lipinski definition) is 2. The van der Waals surface area contributed by atoms with Gasteiger partial charge in [-0.05, 0) is 6.42 Å². The average molecular weight is 126 g/mol. The standard InChI is InChI=1S/C6H11N3/c1-2-4-9-5-3-8-6(9)7/h3,5H,2,4H2,1H3,(H2,7,8)/p+1. The van der Waals surface area contributed by atoms with Gasteiger partial charge in [-0.25, -0.2) is 9.55 Å². The highest BCUT2D eigenvalue weighted by Gasteiger charge is 1.99. The van der Waals surface area contributed by atoms with E-state index in [9.17, 15) is 0 Å². The molecular formula is C6H12N3+. The molecule has 0 saturated carbocycles. The first-order valence-electron chi connectivity index (χ1n) is 3.17. The topological polar surface area (TPSA) is 45.7 Å². The van der Waals surface area contributed by atoms with E-state index >= 15 is 0 Å². The summed E-state index contributed by atoms with van der Waals surface area (Å²) >= 11 is 0. The van der Waals surface area contributed by atoms with Crippen molar-refractivity contribution in [2.75, 3.05) is 5.73 Å². The summed E-state index contributed by atoms with van der Waals surface area (Å²) in [7, 11) is 0. The minimum absolute atomic E-state index is 0.733. The number of nitrogens with zero attached hydrogens (tertiary/aromatic N) is 1. The van der Waals surface area contributed by atoms with Gasteiger partial charge in [0.25, 0.3) is 0 Å². The number of aryl methyl sites for hydroxylation is 1. The van der Waals surface area contributed by atoms with Crippen LogP contribution in [0.4, 0.5) is 5.95 Å². The first-order valence-corrected chi connectivity index (χ1v) is 3.17. The van der Waals surface area contributed by atoms with Gasteiger partial charge in [0.1, 0.15) is 0 Å². The second kappa shape index (κ2) is 2.53. The SMILES string of the molecule is CCC[n+]1cc[nH]c1N. The Bertz CT molecular complexity index is 180. The number of imidazole rings is 1. The van der Waals surface area contributed by atoms with Crippen molar-refractivity contribution in [3.63, 3.8) is 0 Å². The summed E-state index contributed by atoms with van der Waals surface area (Å²) in [6, 6.07) is 0. The molecule has 0 spiro atoms. The van der Waals surface area contributed by atoms with Gasteiger partial charge in [0.2, 0.25) is 0 Å². The smallest absolute Gasteiger partial charge is 0.290 e. The van der Waals surface area contributed by atoms with Gasteiger partial charge in [0, 0.05) is 0 Å². The normalized spacial score (nSPS) is 9.89. The molecule has 3 heteroatoms. The van der Waals surface area contributed by atoms with E-state index in [0.717, 1.165) is 18.9 Å². The molecule has 0 aliphatic rings. The summed E-state index contributed by atoms with van der Waals surface area (Å²) in [6.07, 6.45) is 4.90. The van der Waals surface area contributed by atoms with Gasteiger partial charge in [-0.15, -0.1) is 0 Å². The van der Waals surface area contributed by atoms with Crippen molar-refractivity contribution in [1.82, 2.24) is 4.98 Å². The van der Waals surface area contributed by atoms with Crippen LogP contribution in [-0.2, 0) is 6.54 Å². The van der Waals surface area contributed by atoms with Crippen LogP contribution >= 0.6 is 0 Å². The zero-order valence-electron chi connectivity index (χ0n) is 5.59. The number of aromatic nitrogens is 2. The first-order chi connectivity index (χ1) is 4.34. The molecule has 0 fully saturated rings. The highest BCUT2D eigenvalue weighted by atomic mass is 15.1. The average Bonchev–Trinajstić information content (AvgIpc) is 2.18. The predicted molar refractivity (Wildman–Crippen MR) is 35.7 cm³/mol. The lowest BCUT2D eigenvalue weighted by Crippen LogP contribution is -2.34. The maximum atomic E-state index is 5.53. The third-order valence-corrected chi connectivity index (χ3v) is 1.26. The Morgan fingerprint density at radius 1 is 1.78 bits per heavy atom. The number of hydrogen-bond acceptors (Lipinski definition) is 1. The molecular weight excluding hydrogens is 114 g/mol. The molecule has 9 heavy (non-hydrogen) atoms. The predicted octanol–water partition coefficient (Wildman–Crippen LogP) is 0.294. The molecule has 1 heterocycles. The first kappa shape index (κ1) is 6.13. The van der Waals surface area contributed by atoms with Gasteiger partial charge in [0.15, 0.2) is 0 Å². The lowest BCUT2D eigenvalue weighted by atomic mass is 10.5. The number of H-pyrrole nitrogens is 1. The number of anilines is 1. The molecule has 0 aromatic carbocycles. The Morgan fingerprint density at radius 2 is 2.56 bits per heavy atom. The molecule has 1 aromatic heterocycles. The fourth-order valence-corrected chi connectivity index (χ4v) is 0.812. The molecule has 3 N–H and O–H groups in total. The van der Waals surface area contributed by atoms with Crippen molar-refractivity contribution in [2.45, 2.75) is 19.9 Å². The summed E-state index contributed by atoms with van der Waals surface area (Å²) in [4.78, 5) is 2.89. The van der Waals surface area contributed by atoms with Crippen molar-refractivity contribution in [3.8, 4) is 0 Å². The molecule has 1 rings (SSSR count). The third-order valence-electron chi connectivity index (χ3n) is 1.26. The summed E-state index contributed by atoms with van der Waals surface area (Å²) in [6.45, 7) is 3.12. The second-order valence-corrected chi connectivity index (χ2v) is 2.04. The molecule has 50 valence electrons. The van der Waals surface area contributed by atoms with Gasteiger partial charge in [0.05, 0.1) is 18.9 Å². The summed E-state index contributed by atoms with van der Waals surface area (Å²) in [5.74, 6) is 0.733. The van der Waals surface area contributed by atoms with E-state index in [4.69, 9.17) is 5.73 Å². The quantitative estimate of drug-likeness (QED) is 0.550. The lowest BCUT2D eigenvalue weighted by Gasteiger charge is -1.91. The number of nitrogens with one attached hydrogen (secondary N) is 1. The van der Waals surface area contributed by atoms with Gasteiger partial charge in [-0.1, -0.05) is 6.92 Å². The van der Waals surface area contributed by atoms with E-state index in [1.54, 1.807) is 0 Å². The third kappa shape index (κ3) is 1.22. The van der Waals surface area contributed by atoms with Crippen LogP contribution in [0.25, 0.3) is 0 Å². The Morgan fingerprint density at radius 3 is 3.00 bits per heavy atom. The zero-order chi connectivity index (χ0) is 6.69. The molecule has 0 bridgehead atoms. The van der Waals surface area contributed by atoms with Crippen LogP contribution in [0.2, 0.25) is 0 Å². The molecule has 0 aliphatic heterocycles. The van der Waals surface area contributed by atoms with Crippen LogP contribution in [0.15, 0.2) is 12.4 Å². The van der Waals surface area contributed by atoms with Crippen LogP contribution in [0, 0.1) is 0 Å². The number of rotatable bonds is 2. The molecule has 1 aromatic rings. The summed E-state index contributed by atoms with van der Waals surface area (Å²) in [5, 5.41) is 0. The summed E-state index contributed by atoms with van der Waals surface area (Å²) < 4.78 is 1.99. The van der Waals surface area contributed by atoms with E-state index in [1.165, 1.54) is 0 Å². The van der Waals surface area contributed by atoms with E-state index in [2.05, 4.69) is 11.9 Å². The van der Waals surface area contributed by atoms with Crippen molar-refractivity contribution < 1.29 is 4.57 Å². The number of nitrogen functional groups attached to an aromatic ring is 1. The van der Waals surface area contributed by atoms with E-state index < -0.39 is 0 Å². The maximum Gasteiger partial charge on any atom is 0.352 e. The minimum Gasteiger partial charge on any atom is -0.290 e. The minimum atomic E-state index is 0.733. The van der Waals surface area contributed by atoms with Gasteiger partial charge < -0.3 is 0 Å². The fourth-order valence-electron chi connectivity index (χ4n) is 0.812. The molecule has 0 radical (unpaired) electrons. The lowest BCUT2D eigenvalue weighted by molar-refractivity contribution is -0.681. The van der Waals surface area contributed by atoms with Crippen molar-refractivity contribution in [2.24, 2.45) is 0 Å². The summed E-state index contributed by atoms with van der Waals surface area (Å²) in [5.41, 5.74) is 5.53. The molecule has 0 saturated heterocycles. The highest BCUT2D eigenvalue weighted by molar-refractivity contribution is 5.02. The molecule has 0 aliphatic carbocycles. The van der Waals surface area contributed by atoms with Crippen LogP contribution in [0.3, 0.4) is 0 Å². The van der Waals surface area contributed by atoms with Gasteiger partial charge in [-0.2, -0.15) is 0 Å². The van der Waals surface area contributed by atoms with Crippen LogP contribution < -0.4 is 10.3 Å². The van der Waals surface area contributed by atoms with Crippen LogP contribution in [-0.4, -0.2) is 4.98 Å². The Hall–Kier alpha value is -0.990. The number of aromatic amines is 1. The largest absolute Gasteiger partial charge is 0.352 e. The van der Waals surface area contributed by atoms with Gasteiger partial charge in [-0.3, -0.25) is 5.73 Å². The highest BCUT2D eigenvalue weighted by Crippen LogP contribution is 1.85. The van der Waals surface area contributed by atoms with E-state index in [0.29, 0.717) is 0 Å². The van der Waals surface area contributed by atoms with Crippen molar-refractivity contribution in [3.05, 3.63) is 12.4 Å². The monoisotopic (exact) mass is 126 g/mol.